The summed E-state index contributed by atoms with van der Waals surface area (Å²) in [6.45, 7) is 3.26. The molecule has 208 valence electrons. The molecule has 0 fully saturated rings. The number of aryl methyl sites for hydroxylation is 1. The number of hydrogen-bond donors (Lipinski definition) is 2. The van der Waals surface area contributed by atoms with Gasteiger partial charge >= 0.3 is 5.97 Å². The number of hydrogen-bond acceptors (Lipinski definition) is 5. The second-order valence-electron chi connectivity index (χ2n) is 9.70. The van der Waals surface area contributed by atoms with Crippen LogP contribution in [0.4, 0.5) is 8.78 Å². The van der Waals surface area contributed by atoms with Crippen LogP contribution in [0.15, 0.2) is 97.1 Å². The number of carbonyl (C=O) groups is 1. The van der Waals surface area contributed by atoms with E-state index in [-0.39, 0.29) is 13.0 Å². The van der Waals surface area contributed by atoms with E-state index in [1.165, 1.54) is 17.7 Å². The monoisotopic (exact) mass is 544 g/mol. The Balaban J connectivity index is 1.44. The average Bonchev–Trinajstić information content (AvgIpc) is 2.95. The Morgan fingerprint density at radius 2 is 1.52 bits per heavy atom. The number of carbonyl (C=O) groups excluding carboxylic acids is 1. The SMILES string of the molecule is CCc1cccc(CNCC(OC(=O)c2cccc(OCc3ccccc3)c2)C(N)Cc2cc(F)cc(F)c2)c1. The summed E-state index contributed by atoms with van der Waals surface area (Å²) in [6, 6.07) is 27.3. The predicted octanol–water partition coefficient (Wildman–Crippen LogP) is 5.99. The van der Waals surface area contributed by atoms with Crippen molar-refractivity contribution < 1.29 is 23.0 Å². The van der Waals surface area contributed by atoms with Crippen molar-refractivity contribution in [3.05, 3.63) is 137 Å². The standard InChI is InChI=1S/C33H34F2N2O3/c1-2-23-10-6-11-25(14-23)20-37-21-32(31(36)17-26-15-28(34)19-29(35)16-26)40-33(38)27-12-7-13-30(18-27)39-22-24-8-4-3-5-9-24/h3-16,18-19,31-32,37H,2,17,20-22,36H2,1H3. The van der Waals surface area contributed by atoms with Crippen LogP contribution in [0.2, 0.25) is 0 Å². The molecule has 0 amide bonds. The first kappa shape index (κ1) is 28.9. The van der Waals surface area contributed by atoms with Crippen molar-refractivity contribution >= 4 is 5.97 Å². The fourth-order valence-corrected chi connectivity index (χ4v) is 4.39. The Morgan fingerprint density at radius 1 is 0.825 bits per heavy atom. The van der Waals surface area contributed by atoms with Gasteiger partial charge in [0.15, 0.2) is 0 Å². The minimum atomic E-state index is -0.762. The van der Waals surface area contributed by atoms with E-state index in [9.17, 15) is 13.6 Å². The van der Waals surface area contributed by atoms with Gasteiger partial charge in [-0.1, -0.05) is 67.6 Å². The van der Waals surface area contributed by atoms with Crippen molar-refractivity contribution in [1.29, 1.82) is 0 Å². The minimum absolute atomic E-state index is 0.125. The quantitative estimate of drug-likeness (QED) is 0.202. The first-order valence-electron chi connectivity index (χ1n) is 13.4. The van der Waals surface area contributed by atoms with Gasteiger partial charge in [0.05, 0.1) is 5.56 Å². The lowest BCUT2D eigenvalue weighted by molar-refractivity contribution is 0.0237. The lowest BCUT2D eigenvalue weighted by atomic mass is 10.0. The van der Waals surface area contributed by atoms with Crippen LogP contribution < -0.4 is 15.8 Å². The molecular formula is C33H34F2N2O3. The second kappa shape index (κ2) is 14.4. The number of rotatable bonds is 13. The second-order valence-corrected chi connectivity index (χ2v) is 9.70. The van der Waals surface area contributed by atoms with Crippen LogP contribution >= 0.6 is 0 Å². The molecule has 40 heavy (non-hydrogen) atoms. The summed E-state index contributed by atoms with van der Waals surface area (Å²) in [4.78, 5) is 13.2. The van der Waals surface area contributed by atoms with Crippen molar-refractivity contribution in [1.82, 2.24) is 5.32 Å². The molecule has 0 aliphatic heterocycles. The molecule has 0 heterocycles. The summed E-state index contributed by atoms with van der Waals surface area (Å²) in [6.07, 6.45) is 0.291. The molecule has 0 aromatic heterocycles. The van der Waals surface area contributed by atoms with Gasteiger partial charge in [0, 0.05) is 25.2 Å². The van der Waals surface area contributed by atoms with E-state index >= 15 is 0 Å². The number of nitrogens with one attached hydrogen (secondary N) is 1. The summed E-state index contributed by atoms with van der Waals surface area (Å²) in [5.74, 6) is -1.40. The van der Waals surface area contributed by atoms with E-state index in [0.29, 0.717) is 30.0 Å². The zero-order valence-corrected chi connectivity index (χ0v) is 22.5. The third-order valence-corrected chi connectivity index (χ3v) is 6.52. The van der Waals surface area contributed by atoms with Gasteiger partial charge in [-0.2, -0.15) is 0 Å². The van der Waals surface area contributed by atoms with E-state index in [1.54, 1.807) is 24.3 Å². The Kier molecular flexibility index (Phi) is 10.4. The number of halogens is 2. The predicted molar refractivity (Wildman–Crippen MR) is 152 cm³/mol. The molecule has 0 aliphatic rings. The number of benzene rings is 4. The van der Waals surface area contributed by atoms with E-state index in [1.807, 2.05) is 42.5 Å². The molecule has 0 saturated carbocycles. The van der Waals surface area contributed by atoms with Gasteiger partial charge in [-0.05, 0) is 65.4 Å². The van der Waals surface area contributed by atoms with Gasteiger partial charge in [-0.25, -0.2) is 13.6 Å². The highest BCUT2D eigenvalue weighted by Gasteiger charge is 2.24. The number of ether oxygens (including phenoxy) is 2. The maximum atomic E-state index is 13.8. The maximum Gasteiger partial charge on any atom is 0.338 e. The van der Waals surface area contributed by atoms with Gasteiger partial charge < -0.3 is 20.5 Å². The number of nitrogens with two attached hydrogens (primary N) is 1. The zero-order valence-electron chi connectivity index (χ0n) is 22.5. The lowest BCUT2D eigenvalue weighted by Crippen LogP contribution is -2.46. The van der Waals surface area contributed by atoms with E-state index in [2.05, 4.69) is 24.4 Å². The molecule has 2 atom stereocenters. The maximum absolute atomic E-state index is 13.8. The smallest absolute Gasteiger partial charge is 0.338 e. The molecule has 7 heteroatoms. The fourth-order valence-electron chi connectivity index (χ4n) is 4.39. The highest BCUT2D eigenvalue weighted by molar-refractivity contribution is 5.90. The molecule has 2 unspecified atom stereocenters. The van der Waals surface area contributed by atoms with Crippen LogP contribution in [0.1, 0.15) is 39.5 Å². The molecule has 0 saturated heterocycles. The molecular weight excluding hydrogens is 510 g/mol. The van der Waals surface area contributed by atoms with Gasteiger partial charge in [0.1, 0.15) is 30.1 Å². The van der Waals surface area contributed by atoms with Crippen LogP contribution in [0, 0.1) is 11.6 Å². The molecule has 3 N–H and O–H groups in total. The van der Waals surface area contributed by atoms with Gasteiger partial charge in [-0.15, -0.1) is 0 Å². The fraction of sp³-hybridized carbons (Fsp3) is 0.242. The summed E-state index contributed by atoms with van der Waals surface area (Å²) in [5, 5.41) is 3.32. The minimum Gasteiger partial charge on any atom is -0.489 e. The molecule has 0 bridgehead atoms. The van der Waals surface area contributed by atoms with Crippen LogP contribution in [0.3, 0.4) is 0 Å². The molecule has 4 aromatic carbocycles. The van der Waals surface area contributed by atoms with Gasteiger partial charge in [-0.3, -0.25) is 0 Å². The normalized spacial score (nSPS) is 12.5. The highest BCUT2D eigenvalue weighted by atomic mass is 19.1. The number of esters is 1. The molecule has 5 nitrogen and oxygen atoms in total. The summed E-state index contributed by atoms with van der Waals surface area (Å²) in [5.41, 5.74) is 10.5. The Labute approximate surface area is 233 Å². The summed E-state index contributed by atoms with van der Waals surface area (Å²) in [7, 11) is 0. The third kappa shape index (κ3) is 8.73. The van der Waals surface area contributed by atoms with Gasteiger partial charge in [0.25, 0.3) is 0 Å². The van der Waals surface area contributed by atoms with Crippen LogP contribution in [0.25, 0.3) is 0 Å². The van der Waals surface area contributed by atoms with Crippen molar-refractivity contribution in [2.45, 2.75) is 45.1 Å². The third-order valence-electron chi connectivity index (χ3n) is 6.52. The van der Waals surface area contributed by atoms with Crippen molar-refractivity contribution in [3.63, 3.8) is 0 Å². The van der Waals surface area contributed by atoms with E-state index in [0.717, 1.165) is 23.6 Å². The average molecular weight is 545 g/mol. The van der Waals surface area contributed by atoms with Crippen molar-refractivity contribution in [2.75, 3.05) is 6.54 Å². The van der Waals surface area contributed by atoms with Crippen LogP contribution in [-0.4, -0.2) is 24.7 Å². The molecule has 4 aromatic rings. The lowest BCUT2D eigenvalue weighted by Gasteiger charge is -2.25. The van der Waals surface area contributed by atoms with Crippen LogP contribution in [0.5, 0.6) is 5.75 Å². The van der Waals surface area contributed by atoms with Crippen LogP contribution in [-0.2, 0) is 30.7 Å². The van der Waals surface area contributed by atoms with Gasteiger partial charge in [0.2, 0.25) is 0 Å². The topological polar surface area (TPSA) is 73.6 Å². The Bertz CT molecular complexity index is 1380. The molecule has 0 spiro atoms. The molecule has 0 aliphatic carbocycles. The van der Waals surface area contributed by atoms with E-state index in [4.69, 9.17) is 15.2 Å². The highest BCUT2D eigenvalue weighted by Crippen LogP contribution is 2.18. The molecule has 0 radical (unpaired) electrons. The Hall–Kier alpha value is -4.07. The van der Waals surface area contributed by atoms with Crippen molar-refractivity contribution in [2.24, 2.45) is 5.73 Å². The summed E-state index contributed by atoms with van der Waals surface area (Å²) < 4.78 is 39.3. The first-order valence-corrected chi connectivity index (χ1v) is 13.4. The largest absolute Gasteiger partial charge is 0.489 e. The van der Waals surface area contributed by atoms with Crippen molar-refractivity contribution in [3.8, 4) is 5.75 Å². The van der Waals surface area contributed by atoms with E-state index < -0.39 is 29.7 Å². The molecule has 4 rings (SSSR count). The zero-order chi connectivity index (χ0) is 28.3. The first-order chi connectivity index (χ1) is 19.4. The Morgan fingerprint density at radius 3 is 2.27 bits per heavy atom. The summed E-state index contributed by atoms with van der Waals surface area (Å²) >= 11 is 0.